The standard InChI is InChI=1S/C28H43NO7/c1-17(2)7-12-25(30)29-22-13-19(4)23(35-20(22)5)10-8-18(3)9-11-24-27(32)28(16-34-28)15-21(36-24)14-26(31)33-6/h7-9,11-12,17,19-24,27,32H,10,13-16H2,1-6H3,(H,29,30)/b11-9+,12-7-,18-8+/t19-,20-,21-,22-,23+,24-,27-,28-/m1/s1. The van der Waals surface area contributed by atoms with Crippen molar-refractivity contribution in [3.05, 3.63) is 36.0 Å². The zero-order valence-corrected chi connectivity index (χ0v) is 22.4. The first-order chi connectivity index (χ1) is 17.0. The number of esters is 1. The smallest absolute Gasteiger partial charge is 0.308 e. The Hall–Kier alpha value is -2.00. The Morgan fingerprint density at radius 1 is 1.22 bits per heavy atom. The molecule has 8 atom stereocenters. The van der Waals surface area contributed by atoms with E-state index in [0.717, 1.165) is 18.4 Å². The maximum Gasteiger partial charge on any atom is 0.308 e. The number of hydrogen-bond donors (Lipinski definition) is 2. The molecule has 3 heterocycles. The van der Waals surface area contributed by atoms with Crippen LogP contribution in [0.15, 0.2) is 36.0 Å². The van der Waals surface area contributed by atoms with Gasteiger partial charge in [-0.3, -0.25) is 9.59 Å². The summed E-state index contributed by atoms with van der Waals surface area (Å²) in [4.78, 5) is 23.9. The normalized spacial score (nSPS) is 37.1. The van der Waals surface area contributed by atoms with Gasteiger partial charge >= 0.3 is 5.97 Å². The van der Waals surface area contributed by atoms with Crippen molar-refractivity contribution in [3.63, 3.8) is 0 Å². The average molecular weight is 506 g/mol. The quantitative estimate of drug-likeness (QED) is 0.214. The molecule has 0 bridgehead atoms. The maximum atomic E-state index is 12.2. The lowest BCUT2D eigenvalue weighted by molar-refractivity contribution is -0.157. The molecule has 1 amide bonds. The molecule has 3 saturated heterocycles. The topological polar surface area (TPSA) is 107 Å². The molecule has 8 heteroatoms. The molecule has 36 heavy (non-hydrogen) atoms. The first-order valence-corrected chi connectivity index (χ1v) is 13.1. The van der Waals surface area contributed by atoms with Crippen LogP contribution in [-0.4, -0.2) is 72.9 Å². The fraction of sp³-hybridized carbons (Fsp3) is 0.714. The number of methoxy groups -OCH3 is 1. The fourth-order valence-electron chi connectivity index (χ4n) is 4.91. The van der Waals surface area contributed by atoms with Crippen molar-refractivity contribution >= 4 is 11.9 Å². The van der Waals surface area contributed by atoms with Gasteiger partial charge in [0.05, 0.1) is 44.5 Å². The minimum absolute atomic E-state index is 0.00891. The van der Waals surface area contributed by atoms with E-state index in [0.29, 0.717) is 24.9 Å². The summed E-state index contributed by atoms with van der Waals surface area (Å²) in [7, 11) is 1.36. The molecule has 0 unspecified atom stereocenters. The Labute approximate surface area is 215 Å². The number of hydrogen-bond acceptors (Lipinski definition) is 7. The molecule has 3 fully saturated rings. The van der Waals surface area contributed by atoms with E-state index in [1.165, 1.54) is 7.11 Å². The third-order valence-electron chi connectivity index (χ3n) is 7.31. The van der Waals surface area contributed by atoms with E-state index < -0.39 is 17.8 Å². The van der Waals surface area contributed by atoms with Crippen LogP contribution in [0.4, 0.5) is 0 Å². The van der Waals surface area contributed by atoms with Crippen LogP contribution in [0, 0.1) is 11.8 Å². The van der Waals surface area contributed by atoms with Crippen LogP contribution < -0.4 is 5.32 Å². The number of allylic oxidation sites excluding steroid dienone is 3. The van der Waals surface area contributed by atoms with Crippen molar-refractivity contribution in [1.82, 2.24) is 5.32 Å². The van der Waals surface area contributed by atoms with Crippen molar-refractivity contribution in [2.45, 2.75) is 102 Å². The highest BCUT2D eigenvalue weighted by Crippen LogP contribution is 2.43. The summed E-state index contributed by atoms with van der Waals surface area (Å²) in [5.74, 6) is 0.217. The van der Waals surface area contributed by atoms with Gasteiger partial charge in [0.15, 0.2) is 0 Å². The Morgan fingerprint density at radius 3 is 2.58 bits per heavy atom. The highest BCUT2D eigenvalue weighted by molar-refractivity contribution is 5.87. The molecule has 8 nitrogen and oxygen atoms in total. The number of aliphatic hydroxyl groups is 1. The van der Waals surface area contributed by atoms with Gasteiger partial charge in [-0.2, -0.15) is 0 Å². The summed E-state index contributed by atoms with van der Waals surface area (Å²) >= 11 is 0. The maximum absolute atomic E-state index is 12.2. The third-order valence-corrected chi connectivity index (χ3v) is 7.31. The van der Waals surface area contributed by atoms with E-state index in [9.17, 15) is 14.7 Å². The predicted molar refractivity (Wildman–Crippen MR) is 136 cm³/mol. The molecule has 202 valence electrons. The van der Waals surface area contributed by atoms with Crippen LogP contribution in [-0.2, 0) is 28.5 Å². The summed E-state index contributed by atoms with van der Waals surface area (Å²) in [5.41, 5.74) is 0.408. The fourth-order valence-corrected chi connectivity index (χ4v) is 4.91. The number of amides is 1. The van der Waals surface area contributed by atoms with Crippen molar-refractivity contribution in [2.75, 3.05) is 13.7 Å². The Bertz CT molecular complexity index is 860. The van der Waals surface area contributed by atoms with Crippen molar-refractivity contribution < 1.29 is 33.6 Å². The van der Waals surface area contributed by atoms with Gasteiger partial charge in [0, 0.05) is 6.42 Å². The van der Waals surface area contributed by atoms with Gasteiger partial charge < -0.3 is 29.4 Å². The number of carbonyl (C=O) groups is 2. The van der Waals surface area contributed by atoms with Crippen molar-refractivity contribution in [1.29, 1.82) is 0 Å². The number of aliphatic hydroxyl groups excluding tert-OH is 1. The van der Waals surface area contributed by atoms with Gasteiger partial charge in [0.2, 0.25) is 5.91 Å². The highest BCUT2D eigenvalue weighted by atomic mass is 16.6. The number of carbonyl (C=O) groups excluding carboxylic acids is 2. The number of nitrogens with one attached hydrogen (secondary N) is 1. The van der Waals surface area contributed by atoms with E-state index in [1.807, 2.05) is 45.9 Å². The average Bonchev–Trinajstić information content (AvgIpc) is 3.60. The van der Waals surface area contributed by atoms with Crippen LogP contribution in [0.25, 0.3) is 0 Å². The van der Waals surface area contributed by atoms with E-state index in [-0.39, 0.29) is 42.7 Å². The van der Waals surface area contributed by atoms with E-state index in [4.69, 9.17) is 18.9 Å². The van der Waals surface area contributed by atoms with Gasteiger partial charge in [-0.15, -0.1) is 0 Å². The second-order valence-corrected chi connectivity index (χ2v) is 10.9. The van der Waals surface area contributed by atoms with Gasteiger partial charge in [-0.05, 0) is 44.6 Å². The SMILES string of the molecule is COC(=O)C[C@@H]1C[C@@]2(CO2)[C@H](O)[C@@H](/C=C/C(C)=C/C[C@@H]2O[C@H](C)[C@H](NC(=O)/C=C\C(C)C)C[C@H]2C)O1. The van der Waals surface area contributed by atoms with Crippen LogP contribution >= 0.6 is 0 Å². The Balaban J connectivity index is 1.52. The van der Waals surface area contributed by atoms with Crippen LogP contribution in [0.3, 0.4) is 0 Å². The molecular weight excluding hydrogens is 462 g/mol. The summed E-state index contributed by atoms with van der Waals surface area (Å²) in [5, 5.41) is 13.8. The lowest BCUT2D eigenvalue weighted by Crippen LogP contribution is -2.50. The molecule has 3 aliphatic heterocycles. The van der Waals surface area contributed by atoms with Crippen LogP contribution in [0.2, 0.25) is 0 Å². The summed E-state index contributed by atoms with van der Waals surface area (Å²) in [6.07, 6.45) is 9.94. The monoisotopic (exact) mass is 505 g/mol. The van der Waals surface area contributed by atoms with E-state index in [2.05, 4.69) is 18.3 Å². The molecule has 0 aromatic heterocycles. The Kier molecular flexibility index (Phi) is 9.92. The van der Waals surface area contributed by atoms with Crippen molar-refractivity contribution in [3.8, 4) is 0 Å². The lowest BCUT2D eigenvalue weighted by Gasteiger charge is -2.39. The minimum atomic E-state index is -0.777. The number of ether oxygens (including phenoxy) is 4. The molecule has 2 N–H and O–H groups in total. The lowest BCUT2D eigenvalue weighted by atomic mass is 9.87. The molecule has 1 spiro atoms. The molecule has 0 aromatic carbocycles. The molecule has 0 radical (unpaired) electrons. The molecular formula is C28H43NO7. The molecule has 0 saturated carbocycles. The number of epoxide rings is 1. The molecule has 0 aromatic rings. The first kappa shape index (κ1) is 28.6. The highest BCUT2D eigenvalue weighted by Gasteiger charge is 2.58. The summed E-state index contributed by atoms with van der Waals surface area (Å²) < 4.78 is 22.6. The summed E-state index contributed by atoms with van der Waals surface area (Å²) in [6, 6.07) is -0.00891. The predicted octanol–water partition coefficient (Wildman–Crippen LogP) is 3.24. The first-order valence-electron chi connectivity index (χ1n) is 13.1. The van der Waals surface area contributed by atoms with Crippen LogP contribution in [0.1, 0.15) is 60.3 Å². The Morgan fingerprint density at radius 2 is 1.94 bits per heavy atom. The zero-order chi connectivity index (χ0) is 26.5. The van der Waals surface area contributed by atoms with Gasteiger partial charge in [0.25, 0.3) is 0 Å². The number of rotatable bonds is 9. The van der Waals surface area contributed by atoms with E-state index in [1.54, 1.807) is 6.08 Å². The second-order valence-electron chi connectivity index (χ2n) is 10.9. The zero-order valence-electron chi connectivity index (χ0n) is 22.4. The van der Waals surface area contributed by atoms with Crippen molar-refractivity contribution in [2.24, 2.45) is 11.8 Å². The van der Waals surface area contributed by atoms with Gasteiger partial charge in [-0.1, -0.05) is 50.6 Å². The summed E-state index contributed by atoms with van der Waals surface area (Å²) in [6.45, 7) is 10.7. The van der Waals surface area contributed by atoms with E-state index >= 15 is 0 Å². The molecule has 3 aliphatic rings. The van der Waals surface area contributed by atoms with Crippen LogP contribution in [0.5, 0.6) is 0 Å². The second kappa shape index (κ2) is 12.5. The molecule has 0 aliphatic carbocycles. The largest absolute Gasteiger partial charge is 0.469 e. The van der Waals surface area contributed by atoms with Gasteiger partial charge in [0.1, 0.15) is 17.8 Å². The molecule has 3 rings (SSSR count). The third kappa shape index (κ3) is 7.75. The van der Waals surface area contributed by atoms with Gasteiger partial charge in [-0.25, -0.2) is 0 Å². The minimum Gasteiger partial charge on any atom is -0.469 e.